The molecule has 0 spiro atoms. The molecule has 2 atom stereocenters. The van der Waals surface area contributed by atoms with Crippen LogP contribution in [-0.4, -0.2) is 46.8 Å². The third-order valence-corrected chi connectivity index (χ3v) is 5.26. The number of rotatable bonds is 5. The number of ether oxygens (including phenoxy) is 1. The standard InChI is InChI=1S/C22H24N4O2/c1-28-19-9-7-16(8-10-19)12-26-13-18(11-24-26)22(27)25-14-20(21(23)15-25)17-5-3-2-4-6-17/h2-11,13,20-21H,12,14-15,23H2,1H3/t20-,21+/m0/s1. The van der Waals surface area contributed by atoms with E-state index in [0.29, 0.717) is 25.2 Å². The summed E-state index contributed by atoms with van der Waals surface area (Å²) in [5.41, 5.74) is 9.19. The lowest BCUT2D eigenvalue weighted by atomic mass is 9.95. The van der Waals surface area contributed by atoms with Crippen LogP contribution in [0.3, 0.4) is 0 Å². The smallest absolute Gasteiger partial charge is 0.257 e. The van der Waals surface area contributed by atoms with E-state index in [1.807, 2.05) is 47.4 Å². The minimum atomic E-state index is -0.0549. The number of carbonyl (C=O) groups is 1. The van der Waals surface area contributed by atoms with E-state index in [0.717, 1.165) is 11.3 Å². The number of benzene rings is 2. The van der Waals surface area contributed by atoms with E-state index in [1.54, 1.807) is 24.2 Å². The second kappa shape index (κ2) is 7.86. The molecule has 3 aromatic rings. The second-order valence-corrected chi connectivity index (χ2v) is 7.17. The molecule has 0 unspecified atom stereocenters. The molecular formula is C22H24N4O2. The molecule has 6 heteroatoms. The molecule has 0 radical (unpaired) electrons. The number of hydrogen-bond acceptors (Lipinski definition) is 4. The first-order valence-electron chi connectivity index (χ1n) is 9.39. The monoisotopic (exact) mass is 376 g/mol. The molecule has 1 saturated heterocycles. The van der Waals surface area contributed by atoms with Crippen LogP contribution >= 0.6 is 0 Å². The Kier molecular flexibility index (Phi) is 5.12. The number of methoxy groups -OCH3 is 1. The second-order valence-electron chi connectivity index (χ2n) is 7.17. The fraction of sp³-hybridized carbons (Fsp3) is 0.273. The van der Waals surface area contributed by atoms with Gasteiger partial charge in [-0.15, -0.1) is 0 Å². The van der Waals surface area contributed by atoms with Crippen molar-refractivity contribution in [2.75, 3.05) is 20.2 Å². The summed E-state index contributed by atoms with van der Waals surface area (Å²) in [6.07, 6.45) is 3.43. The SMILES string of the molecule is COc1ccc(Cn2cc(C(=O)N3C[C@@H](N)[C@H](c4ccccc4)C3)cn2)cc1. The van der Waals surface area contributed by atoms with Gasteiger partial charge in [0.25, 0.3) is 5.91 Å². The van der Waals surface area contributed by atoms with Crippen molar-refractivity contribution in [1.82, 2.24) is 14.7 Å². The van der Waals surface area contributed by atoms with Gasteiger partial charge in [-0.1, -0.05) is 42.5 Å². The van der Waals surface area contributed by atoms with E-state index < -0.39 is 0 Å². The summed E-state index contributed by atoms with van der Waals surface area (Å²) >= 11 is 0. The molecule has 1 aromatic heterocycles. The van der Waals surface area contributed by atoms with E-state index in [4.69, 9.17) is 10.5 Å². The normalized spacial score (nSPS) is 19.0. The predicted octanol–water partition coefficient (Wildman–Crippen LogP) is 2.51. The average molecular weight is 376 g/mol. The molecule has 1 aliphatic rings. The van der Waals surface area contributed by atoms with Crippen LogP contribution in [0.4, 0.5) is 0 Å². The van der Waals surface area contributed by atoms with Crippen LogP contribution in [0.5, 0.6) is 5.75 Å². The van der Waals surface area contributed by atoms with Gasteiger partial charge >= 0.3 is 0 Å². The molecule has 0 bridgehead atoms. The van der Waals surface area contributed by atoms with E-state index in [-0.39, 0.29) is 17.9 Å². The largest absolute Gasteiger partial charge is 0.497 e. The van der Waals surface area contributed by atoms with Crippen molar-refractivity contribution in [3.8, 4) is 5.75 Å². The molecule has 2 aromatic carbocycles. The quantitative estimate of drug-likeness (QED) is 0.743. The van der Waals surface area contributed by atoms with Gasteiger partial charge in [-0.2, -0.15) is 5.10 Å². The van der Waals surface area contributed by atoms with Crippen LogP contribution in [0.1, 0.15) is 27.4 Å². The van der Waals surface area contributed by atoms with Gasteiger partial charge in [0.15, 0.2) is 0 Å². The number of nitrogens with two attached hydrogens (primary N) is 1. The Morgan fingerprint density at radius 2 is 1.89 bits per heavy atom. The fourth-order valence-corrected chi connectivity index (χ4v) is 3.71. The summed E-state index contributed by atoms with van der Waals surface area (Å²) in [5, 5.41) is 4.35. The number of nitrogens with zero attached hydrogens (tertiary/aromatic N) is 3. The van der Waals surface area contributed by atoms with Gasteiger partial charge in [-0.3, -0.25) is 9.48 Å². The molecule has 1 fully saturated rings. The predicted molar refractivity (Wildman–Crippen MR) is 107 cm³/mol. The van der Waals surface area contributed by atoms with Crippen LogP contribution in [0.25, 0.3) is 0 Å². The van der Waals surface area contributed by atoms with Gasteiger partial charge in [0.1, 0.15) is 5.75 Å². The van der Waals surface area contributed by atoms with Crippen molar-refractivity contribution in [2.45, 2.75) is 18.5 Å². The van der Waals surface area contributed by atoms with E-state index >= 15 is 0 Å². The average Bonchev–Trinajstić information content (AvgIpc) is 3.35. The highest BCUT2D eigenvalue weighted by molar-refractivity contribution is 5.94. The molecule has 1 aliphatic heterocycles. The summed E-state index contributed by atoms with van der Waals surface area (Å²) in [5.74, 6) is 0.966. The van der Waals surface area contributed by atoms with Gasteiger partial charge < -0.3 is 15.4 Å². The first-order valence-corrected chi connectivity index (χ1v) is 9.39. The van der Waals surface area contributed by atoms with Crippen molar-refractivity contribution < 1.29 is 9.53 Å². The van der Waals surface area contributed by atoms with Gasteiger partial charge in [-0.05, 0) is 23.3 Å². The maximum atomic E-state index is 12.9. The van der Waals surface area contributed by atoms with E-state index in [2.05, 4.69) is 17.2 Å². The zero-order valence-corrected chi connectivity index (χ0v) is 15.9. The topological polar surface area (TPSA) is 73.4 Å². The lowest BCUT2D eigenvalue weighted by molar-refractivity contribution is 0.0789. The maximum absolute atomic E-state index is 12.9. The fourth-order valence-electron chi connectivity index (χ4n) is 3.71. The molecule has 2 heterocycles. The highest BCUT2D eigenvalue weighted by atomic mass is 16.5. The van der Waals surface area contributed by atoms with Gasteiger partial charge in [-0.25, -0.2) is 0 Å². The van der Waals surface area contributed by atoms with Crippen molar-refractivity contribution in [2.24, 2.45) is 5.73 Å². The Morgan fingerprint density at radius 3 is 2.61 bits per heavy atom. The summed E-state index contributed by atoms with van der Waals surface area (Å²) in [7, 11) is 1.65. The molecule has 6 nitrogen and oxygen atoms in total. The Balaban J connectivity index is 1.43. The van der Waals surface area contributed by atoms with Crippen molar-refractivity contribution in [1.29, 1.82) is 0 Å². The van der Waals surface area contributed by atoms with Crippen LogP contribution in [-0.2, 0) is 6.54 Å². The molecule has 144 valence electrons. The first kappa shape index (κ1) is 18.3. The minimum Gasteiger partial charge on any atom is -0.497 e. The molecule has 28 heavy (non-hydrogen) atoms. The Hall–Kier alpha value is -3.12. The lowest BCUT2D eigenvalue weighted by Gasteiger charge is -2.15. The molecule has 0 saturated carbocycles. The highest BCUT2D eigenvalue weighted by Gasteiger charge is 2.34. The zero-order valence-electron chi connectivity index (χ0n) is 15.9. The van der Waals surface area contributed by atoms with Crippen molar-refractivity contribution in [3.63, 3.8) is 0 Å². The van der Waals surface area contributed by atoms with Crippen LogP contribution in [0.2, 0.25) is 0 Å². The van der Waals surface area contributed by atoms with Gasteiger partial charge in [0.05, 0.1) is 25.4 Å². The maximum Gasteiger partial charge on any atom is 0.257 e. The molecular weight excluding hydrogens is 352 g/mol. The number of hydrogen-bond donors (Lipinski definition) is 1. The highest BCUT2D eigenvalue weighted by Crippen LogP contribution is 2.27. The number of amides is 1. The minimum absolute atomic E-state index is 0.0186. The summed E-state index contributed by atoms with van der Waals surface area (Å²) in [4.78, 5) is 14.7. The van der Waals surface area contributed by atoms with E-state index in [1.165, 1.54) is 5.56 Å². The van der Waals surface area contributed by atoms with Crippen molar-refractivity contribution in [3.05, 3.63) is 83.7 Å². The molecule has 4 rings (SSSR count). The number of aromatic nitrogens is 2. The summed E-state index contributed by atoms with van der Waals surface area (Å²) < 4.78 is 6.96. The van der Waals surface area contributed by atoms with Crippen molar-refractivity contribution >= 4 is 5.91 Å². The van der Waals surface area contributed by atoms with Crippen LogP contribution in [0, 0.1) is 0 Å². The number of carbonyl (C=O) groups excluding carboxylic acids is 1. The van der Waals surface area contributed by atoms with E-state index in [9.17, 15) is 4.79 Å². The third kappa shape index (κ3) is 3.77. The zero-order chi connectivity index (χ0) is 19.5. The Bertz CT molecular complexity index is 937. The third-order valence-electron chi connectivity index (χ3n) is 5.26. The van der Waals surface area contributed by atoms with Gasteiger partial charge in [0, 0.05) is 31.2 Å². The van der Waals surface area contributed by atoms with Crippen LogP contribution in [0.15, 0.2) is 67.0 Å². The molecule has 0 aliphatic carbocycles. The number of likely N-dealkylation sites (tertiary alicyclic amines) is 1. The molecule has 1 amide bonds. The first-order chi connectivity index (χ1) is 13.6. The lowest BCUT2D eigenvalue weighted by Crippen LogP contribution is -2.32. The summed E-state index contributed by atoms with van der Waals surface area (Å²) in [6.45, 7) is 1.79. The Labute approximate surface area is 164 Å². The summed E-state index contributed by atoms with van der Waals surface area (Å²) in [6, 6.07) is 17.9. The Morgan fingerprint density at radius 1 is 1.14 bits per heavy atom. The van der Waals surface area contributed by atoms with Crippen LogP contribution < -0.4 is 10.5 Å². The van der Waals surface area contributed by atoms with Gasteiger partial charge in [0.2, 0.25) is 0 Å². The molecule has 2 N–H and O–H groups in total.